The SMILES string of the molecule is O=C(CNCCc1c[nH]c2ccccc12)Nc1ccc2c(c1)OCCO2. The Labute approximate surface area is 151 Å². The minimum atomic E-state index is -0.0828. The van der Waals surface area contributed by atoms with Crippen LogP contribution in [0.2, 0.25) is 0 Å². The summed E-state index contributed by atoms with van der Waals surface area (Å²) in [5.41, 5.74) is 3.09. The van der Waals surface area contributed by atoms with Gasteiger partial charge in [-0.1, -0.05) is 18.2 Å². The number of anilines is 1. The van der Waals surface area contributed by atoms with E-state index in [0.717, 1.165) is 18.5 Å². The largest absolute Gasteiger partial charge is 0.486 e. The molecule has 2 aromatic carbocycles. The zero-order valence-corrected chi connectivity index (χ0v) is 14.4. The monoisotopic (exact) mass is 351 g/mol. The van der Waals surface area contributed by atoms with Crippen molar-refractivity contribution in [1.29, 1.82) is 0 Å². The van der Waals surface area contributed by atoms with E-state index >= 15 is 0 Å². The Morgan fingerprint density at radius 3 is 2.85 bits per heavy atom. The molecule has 6 heteroatoms. The van der Waals surface area contributed by atoms with Crippen molar-refractivity contribution in [3.05, 3.63) is 54.2 Å². The van der Waals surface area contributed by atoms with Crippen LogP contribution in [0.15, 0.2) is 48.7 Å². The van der Waals surface area contributed by atoms with E-state index < -0.39 is 0 Å². The van der Waals surface area contributed by atoms with E-state index in [1.165, 1.54) is 10.9 Å². The van der Waals surface area contributed by atoms with E-state index in [1.54, 1.807) is 6.07 Å². The highest BCUT2D eigenvalue weighted by atomic mass is 16.6. The summed E-state index contributed by atoms with van der Waals surface area (Å²) in [7, 11) is 0. The summed E-state index contributed by atoms with van der Waals surface area (Å²) < 4.78 is 11.0. The summed E-state index contributed by atoms with van der Waals surface area (Å²) in [5, 5.41) is 7.29. The van der Waals surface area contributed by atoms with Gasteiger partial charge in [-0.25, -0.2) is 0 Å². The lowest BCUT2D eigenvalue weighted by molar-refractivity contribution is -0.115. The van der Waals surface area contributed by atoms with Crippen molar-refractivity contribution in [2.75, 3.05) is 31.6 Å². The summed E-state index contributed by atoms with van der Waals surface area (Å²) in [4.78, 5) is 15.4. The fourth-order valence-corrected chi connectivity index (χ4v) is 3.09. The standard InChI is InChI=1S/C20H21N3O3/c24-20(23-15-5-6-18-19(11-15)26-10-9-25-18)13-21-8-7-14-12-22-17-4-2-1-3-16(14)17/h1-6,11-12,21-22H,7-10,13H2,(H,23,24). The van der Waals surface area contributed by atoms with Crippen LogP contribution in [0.4, 0.5) is 5.69 Å². The van der Waals surface area contributed by atoms with Crippen LogP contribution >= 0.6 is 0 Å². The van der Waals surface area contributed by atoms with Crippen molar-refractivity contribution >= 4 is 22.5 Å². The van der Waals surface area contributed by atoms with E-state index in [1.807, 2.05) is 30.5 Å². The van der Waals surface area contributed by atoms with Gasteiger partial charge in [-0.2, -0.15) is 0 Å². The predicted octanol–water partition coefficient (Wildman–Crippen LogP) is 2.71. The Kier molecular flexibility index (Phi) is 4.75. The second-order valence-electron chi connectivity index (χ2n) is 6.19. The van der Waals surface area contributed by atoms with Gasteiger partial charge in [0, 0.05) is 28.9 Å². The molecule has 6 nitrogen and oxygen atoms in total. The third-order valence-corrected chi connectivity index (χ3v) is 4.36. The number of amides is 1. The molecule has 1 aliphatic rings. The Morgan fingerprint density at radius 1 is 1.08 bits per heavy atom. The quantitative estimate of drug-likeness (QED) is 0.597. The molecule has 0 aliphatic carbocycles. The number of aromatic nitrogens is 1. The van der Waals surface area contributed by atoms with Gasteiger partial charge >= 0.3 is 0 Å². The summed E-state index contributed by atoms with van der Waals surface area (Å²) in [5.74, 6) is 1.30. The summed E-state index contributed by atoms with van der Waals surface area (Å²) in [6.45, 7) is 2.08. The number of rotatable bonds is 6. The average Bonchev–Trinajstić information content (AvgIpc) is 3.08. The number of aromatic amines is 1. The van der Waals surface area contributed by atoms with Crippen molar-refractivity contribution in [3.8, 4) is 11.5 Å². The minimum absolute atomic E-state index is 0.0828. The molecule has 134 valence electrons. The minimum Gasteiger partial charge on any atom is -0.486 e. The van der Waals surface area contributed by atoms with Gasteiger partial charge in [0.15, 0.2) is 11.5 Å². The molecule has 4 rings (SSSR count). The fourth-order valence-electron chi connectivity index (χ4n) is 3.09. The lowest BCUT2D eigenvalue weighted by Gasteiger charge is -2.19. The zero-order valence-electron chi connectivity index (χ0n) is 14.4. The van der Waals surface area contributed by atoms with Crippen molar-refractivity contribution in [2.24, 2.45) is 0 Å². The number of benzene rings is 2. The number of hydrogen-bond acceptors (Lipinski definition) is 4. The van der Waals surface area contributed by atoms with E-state index in [0.29, 0.717) is 30.4 Å². The predicted molar refractivity (Wildman–Crippen MR) is 101 cm³/mol. The zero-order chi connectivity index (χ0) is 17.8. The van der Waals surface area contributed by atoms with Crippen LogP contribution in [-0.4, -0.2) is 37.2 Å². The normalized spacial score (nSPS) is 12.9. The molecule has 1 aromatic heterocycles. The maximum Gasteiger partial charge on any atom is 0.238 e. The lowest BCUT2D eigenvalue weighted by atomic mass is 10.1. The molecule has 3 N–H and O–H groups in total. The lowest BCUT2D eigenvalue weighted by Crippen LogP contribution is -2.29. The summed E-state index contributed by atoms with van der Waals surface area (Å²) >= 11 is 0. The molecule has 0 atom stereocenters. The highest BCUT2D eigenvalue weighted by Crippen LogP contribution is 2.32. The maximum atomic E-state index is 12.1. The second kappa shape index (κ2) is 7.49. The first-order chi connectivity index (χ1) is 12.8. The van der Waals surface area contributed by atoms with Gasteiger partial charge in [-0.05, 0) is 36.7 Å². The first-order valence-corrected chi connectivity index (χ1v) is 8.75. The first-order valence-electron chi connectivity index (χ1n) is 8.75. The molecular weight excluding hydrogens is 330 g/mol. The second-order valence-corrected chi connectivity index (χ2v) is 6.19. The maximum absolute atomic E-state index is 12.1. The fraction of sp³-hybridized carbons (Fsp3) is 0.250. The number of carbonyl (C=O) groups excluding carboxylic acids is 1. The van der Waals surface area contributed by atoms with E-state index in [-0.39, 0.29) is 12.5 Å². The molecule has 0 spiro atoms. The van der Waals surface area contributed by atoms with Gasteiger partial charge in [0.1, 0.15) is 13.2 Å². The van der Waals surface area contributed by atoms with Crippen LogP contribution in [0.5, 0.6) is 11.5 Å². The molecule has 2 heterocycles. The highest BCUT2D eigenvalue weighted by Gasteiger charge is 2.12. The van der Waals surface area contributed by atoms with Gasteiger partial charge in [0.25, 0.3) is 0 Å². The molecule has 0 radical (unpaired) electrons. The smallest absolute Gasteiger partial charge is 0.238 e. The van der Waals surface area contributed by atoms with Crippen molar-refractivity contribution in [3.63, 3.8) is 0 Å². The molecule has 3 aromatic rings. The van der Waals surface area contributed by atoms with E-state index in [9.17, 15) is 4.79 Å². The third kappa shape index (κ3) is 3.65. The van der Waals surface area contributed by atoms with Crippen LogP contribution in [-0.2, 0) is 11.2 Å². The molecule has 26 heavy (non-hydrogen) atoms. The molecule has 0 unspecified atom stereocenters. The van der Waals surface area contributed by atoms with Gasteiger partial charge in [0.05, 0.1) is 6.54 Å². The number of para-hydroxylation sites is 1. The first kappa shape index (κ1) is 16.5. The van der Waals surface area contributed by atoms with Crippen LogP contribution in [0, 0.1) is 0 Å². The number of ether oxygens (including phenoxy) is 2. The molecule has 0 bridgehead atoms. The van der Waals surface area contributed by atoms with E-state index in [4.69, 9.17) is 9.47 Å². The number of H-pyrrole nitrogens is 1. The molecule has 1 aliphatic heterocycles. The van der Waals surface area contributed by atoms with Crippen LogP contribution in [0.25, 0.3) is 10.9 Å². The number of nitrogens with one attached hydrogen (secondary N) is 3. The Bertz CT molecular complexity index is 920. The number of carbonyl (C=O) groups is 1. The van der Waals surface area contributed by atoms with E-state index in [2.05, 4.69) is 27.8 Å². The van der Waals surface area contributed by atoms with Crippen molar-refractivity contribution in [1.82, 2.24) is 10.3 Å². The molecule has 0 saturated carbocycles. The van der Waals surface area contributed by atoms with Gasteiger partial charge in [-0.3, -0.25) is 4.79 Å². The highest BCUT2D eigenvalue weighted by molar-refractivity contribution is 5.92. The average molecular weight is 351 g/mol. The van der Waals surface area contributed by atoms with Gasteiger partial charge < -0.3 is 25.1 Å². The Morgan fingerprint density at radius 2 is 1.92 bits per heavy atom. The van der Waals surface area contributed by atoms with Gasteiger partial charge in [0.2, 0.25) is 5.91 Å². The van der Waals surface area contributed by atoms with Crippen LogP contribution in [0.3, 0.4) is 0 Å². The molecule has 0 saturated heterocycles. The van der Waals surface area contributed by atoms with Crippen molar-refractivity contribution in [2.45, 2.75) is 6.42 Å². The summed E-state index contributed by atoms with van der Waals surface area (Å²) in [6.07, 6.45) is 2.89. The van der Waals surface area contributed by atoms with Gasteiger partial charge in [-0.15, -0.1) is 0 Å². The topological polar surface area (TPSA) is 75.4 Å². The Hall–Kier alpha value is -2.99. The van der Waals surface area contributed by atoms with Crippen LogP contribution in [0.1, 0.15) is 5.56 Å². The molecule has 1 amide bonds. The van der Waals surface area contributed by atoms with Crippen molar-refractivity contribution < 1.29 is 14.3 Å². The van der Waals surface area contributed by atoms with Crippen LogP contribution < -0.4 is 20.1 Å². The number of hydrogen-bond donors (Lipinski definition) is 3. The third-order valence-electron chi connectivity index (χ3n) is 4.36. The molecular formula is C20H21N3O3. The Balaban J connectivity index is 1.25. The molecule has 0 fully saturated rings. The summed E-state index contributed by atoms with van der Waals surface area (Å²) in [6, 6.07) is 13.6. The number of fused-ring (bicyclic) bond motifs is 2.